The van der Waals surface area contributed by atoms with Gasteiger partial charge in [-0.25, -0.2) is 14.2 Å². The molecular weight excluding hydrogens is 291 g/mol. The first-order valence-electron chi connectivity index (χ1n) is 6.58. The van der Waals surface area contributed by atoms with E-state index in [0.717, 1.165) is 5.56 Å². The van der Waals surface area contributed by atoms with Crippen LogP contribution in [-0.2, 0) is 6.54 Å². The van der Waals surface area contributed by atoms with Crippen LogP contribution in [0.15, 0.2) is 24.3 Å². The summed E-state index contributed by atoms with van der Waals surface area (Å²) in [6, 6.07) is 6.24. The maximum absolute atomic E-state index is 12.9. The molecule has 0 atom stereocenters. The third-order valence-corrected chi connectivity index (χ3v) is 4.22. The molecule has 6 heteroatoms. The van der Waals surface area contributed by atoms with Gasteiger partial charge in [-0.05, 0) is 23.6 Å². The predicted molar refractivity (Wildman–Crippen MR) is 81.7 cm³/mol. The summed E-state index contributed by atoms with van der Waals surface area (Å²) in [5.41, 5.74) is 1.55. The number of hydrogen-bond donors (Lipinski definition) is 1. The molecule has 0 fully saturated rings. The molecule has 0 aliphatic heterocycles. The van der Waals surface area contributed by atoms with Crippen molar-refractivity contribution in [3.8, 4) is 0 Å². The van der Waals surface area contributed by atoms with Gasteiger partial charge in [0.1, 0.15) is 10.7 Å². The molecule has 1 N–H and O–H groups in total. The zero-order valence-corrected chi connectivity index (χ0v) is 12.9. The van der Waals surface area contributed by atoms with Crippen LogP contribution in [-0.4, -0.2) is 23.1 Å². The summed E-state index contributed by atoms with van der Waals surface area (Å²) in [6.07, 6.45) is 0. The molecule has 1 aromatic carbocycles. The minimum Gasteiger partial charge on any atom is -0.477 e. The van der Waals surface area contributed by atoms with Crippen LogP contribution in [0, 0.1) is 5.82 Å². The van der Waals surface area contributed by atoms with Gasteiger partial charge >= 0.3 is 5.97 Å². The normalized spacial score (nSPS) is 10.9. The van der Waals surface area contributed by atoms with Crippen molar-refractivity contribution < 1.29 is 14.3 Å². The predicted octanol–water partition coefficient (Wildman–Crippen LogP) is 3.74. The number of thiazole rings is 1. The lowest BCUT2D eigenvalue weighted by Gasteiger charge is -2.15. The maximum atomic E-state index is 12.9. The largest absolute Gasteiger partial charge is 0.477 e. The molecule has 2 rings (SSSR count). The zero-order chi connectivity index (χ0) is 15.6. The Hall–Kier alpha value is -1.95. The van der Waals surface area contributed by atoms with E-state index in [0.29, 0.717) is 17.4 Å². The number of aromatic nitrogens is 1. The third-order valence-electron chi connectivity index (χ3n) is 3.04. The van der Waals surface area contributed by atoms with Gasteiger partial charge in [-0.1, -0.05) is 37.3 Å². The molecule has 0 spiro atoms. The van der Waals surface area contributed by atoms with Crippen LogP contribution in [0.1, 0.15) is 40.7 Å². The fraction of sp³-hybridized carbons (Fsp3) is 0.333. The van der Waals surface area contributed by atoms with Crippen molar-refractivity contribution in [3.63, 3.8) is 0 Å². The smallest absolute Gasteiger partial charge is 0.347 e. The number of aromatic carboxylic acids is 1. The SMILES string of the molecule is CC(C)c1nc(N(C)Cc2ccc(F)cc2)sc1C(=O)O. The molecule has 2 aromatic rings. The van der Waals surface area contributed by atoms with Crippen LogP contribution in [0.3, 0.4) is 0 Å². The first kappa shape index (κ1) is 15.4. The molecule has 0 unspecified atom stereocenters. The standard InChI is InChI=1S/C15H17FN2O2S/c1-9(2)12-13(14(19)20)21-15(17-12)18(3)8-10-4-6-11(16)7-5-10/h4-7,9H,8H2,1-3H3,(H,19,20). The molecule has 4 nitrogen and oxygen atoms in total. The summed E-state index contributed by atoms with van der Waals surface area (Å²) in [5, 5.41) is 9.89. The maximum Gasteiger partial charge on any atom is 0.347 e. The van der Waals surface area contributed by atoms with Gasteiger partial charge in [0.15, 0.2) is 5.13 Å². The summed E-state index contributed by atoms with van der Waals surface area (Å²) >= 11 is 1.17. The number of carboxylic acids is 1. The van der Waals surface area contributed by atoms with Crippen LogP contribution < -0.4 is 4.90 Å². The highest BCUT2D eigenvalue weighted by Crippen LogP contribution is 2.30. The van der Waals surface area contributed by atoms with E-state index in [1.165, 1.54) is 23.5 Å². The van der Waals surface area contributed by atoms with E-state index in [1.54, 1.807) is 12.1 Å². The number of halogens is 1. The fourth-order valence-corrected chi connectivity index (χ4v) is 2.98. The second-order valence-electron chi connectivity index (χ2n) is 5.15. The van der Waals surface area contributed by atoms with Crippen molar-refractivity contribution in [3.05, 3.63) is 46.2 Å². The van der Waals surface area contributed by atoms with Gasteiger partial charge in [-0.2, -0.15) is 0 Å². The topological polar surface area (TPSA) is 53.4 Å². The van der Waals surface area contributed by atoms with Crippen LogP contribution in [0.2, 0.25) is 0 Å². The molecule has 0 amide bonds. The summed E-state index contributed by atoms with van der Waals surface area (Å²) in [4.78, 5) is 17.9. The molecule has 0 saturated heterocycles. The van der Waals surface area contributed by atoms with Gasteiger partial charge in [0.25, 0.3) is 0 Å². The first-order valence-corrected chi connectivity index (χ1v) is 7.39. The minimum absolute atomic E-state index is 0.0559. The Morgan fingerprint density at radius 3 is 2.48 bits per heavy atom. The quantitative estimate of drug-likeness (QED) is 0.914. The van der Waals surface area contributed by atoms with E-state index in [2.05, 4.69) is 4.98 Å². The van der Waals surface area contributed by atoms with Crippen LogP contribution in [0.5, 0.6) is 0 Å². The highest BCUT2D eigenvalue weighted by molar-refractivity contribution is 7.17. The summed E-state index contributed by atoms with van der Waals surface area (Å²) in [6.45, 7) is 4.39. The molecule has 0 aliphatic carbocycles. The molecule has 0 aliphatic rings. The highest BCUT2D eigenvalue weighted by Gasteiger charge is 2.21. The van der Waals surface area contributed by atoms with E-state index >= 15 is 0 Å². The lowest BCUT2D eigenvalue weighted by atomic mass is 10.1. The lowest BCUT2D eigenvalue weighted by Crippen LogP contribution is -2.16. The van der Waals surface area contributed by atoms with E-state index in [1.807, 2.05) is 25.8 Å². The van der Waals surface area contributed by atoms with Crippen molar-refractivity contribution in [2.75, 3.05) is 11.9 Å². The number of nitrogens with zero attached hydrogens (tertiary/aromatic N) is 2. The second-order valence-corrected chi connectivity index (χ2v) is 6.13. The van der Waals surface area contributed by atoms with E-state index in [4.69, 9.17) is 0 Å². The lowest BCUT2D eigenvalue weighted by molar-refractivity contribution is 0.0700. The van der Waals surface area contributed by atoms with Crippen molar-refractivity contribution >= 4 is 22.4 Å². The molecule has 21 heavy (non-hydrogen) atoms. The van der Waals surface area contributed by atoms with Gasteiger partial charge in [-0.3, -0.25) is 0 Å². The van der Waals surface area contributed by atoms with Gasteiger partial charge in [0.05, 0.1) is 5.69 Å². The first-order chi connectivity index (χ1) is 9.88. The Labute approximate surface area is 126 Å². The number of carbonyl (C=O) groups is 1. The summed E-state index contributed by atoms with van der Waals surface area (Å²) in [5.74, 6) is -1.16. The van der Waals surface area contributed by atoms with Crippen molar-refractivity contribution in [2.24, 2.45) is 0 Å². The Balaban J connectivity index is 2.23. The molecule has 0 saturated carbocycles. The van der Waals surface area contributed by atoms with Gasteiger partial charge < -0.3 is 10.0 Å². The van der Waals surface area contributed by atoms with Gasteiger partial charge in [-0.15, -0.1) is 0 Å². The minimum atomic E-state index is -0.947. The number of rotatable bonds is 5. The molecule has 0 radical (unpaired) electrons. The van der Waals surface area contributed by atoms with E-state index in [-0.39, 0.29) is 16.6 Å². The van der Waals surface area contributed by atoms with Crippen LogP contribution in [0.25, 0.3) is 0 Å². The molecule has 1 heterocycles. The Morgan fingerprint density at radius 2 is 2.00 bits per heavy atom. The van der Waals surface area contributed by atoms with E-state index < -0.39 is 5.97 Å². The second kappa shape index (κ2) is 6.22. The Morgan fingerprint density at radius 1 is 1.38 bits per heavy atom. The monoisotopic (exact) mass is 308 g/mol. The highest BCUT2D eigenvalue weighted by atomic mass is 32.1. The van der Waals surface area contributed by atoms with Crippen molar-refractivity contribution in [1.29, 1.82) is 0 Å². The van der Waals surface area contributed by atoms with Gasteiger partial charge in [0.2, 0.25) is 0 Å². The Kier molecular flexibility index (Phi) is 4.57. The summed E-state index contributed by atoms with van der Waals surface area (Å²) < 4.78 is 12.9. The fourth-order valence-electron chi connectivity index (χ4n) is 1.96. The van der Waals surface area contributed by atoms with Crippen molar-refractivity contribution in [1.82, 2.24) is 4.98 Å². The number of carboxylic acid groups (broad SMARTS) is 1. The zero-order valence-electron chi connectivity index (χ0n) is 12.1. The average Bonchev–Trinajstić information content (AvgIpc) is 2.87. The third kappa shape index (κ3) is 3.58. The molecule has 0 bridgehead atoms. The average molecular weight is 308 g/mol. The molecule has 112 valence electrons. The number of anilines is 1. The van der Waals surface area contributed by atoms with E-state index in [9.17, 15) is 14.3 Å². The Bertz CT molecular complexity index is 638. The molecular formula is C15H17FN2O2S. The molecule has 1 aromatic heterocycles. The summed E-state index contributed by atoms with van der Waals surface area (Å²) in [7, 11) is 1.85. The van der Waals surface area contributed by atoms with Gasteiger partial charge in [0, 0.05) is 13.6 Å². The number of hydrogen-bond acceptors (Lipinski definition) is 4. The van der Waals surface area contributed by atoms with Crippen molar-refractivity contribution in [2.45, 2.75) is 26.3 Å². The number of benzene rings is 1. The van der Waals surface area contributed by atoms with Crippen LogP contribution in [0.4, 0.5) is 9.52 Å². The van der Waals surface area contributed by atoms with Crippen LogP contribution >= 0.6 is 11.3 Å².